The third kappa shape index (κ3) is 3.85. The third-order valence-corrected chi connectivity index (χ3v) is 3.48. The molecular formula is C12H18N2O2S. The maximum absolute atomic E-state index is 11.7. The second-order valence-electron chi connectivity index (χ2n) is 3.61. The number of nitrogens with two attached hydrogens (primary N) is 1. The molecule has 17 heavy (non-hydrogen) atoms. The molecular weight excluding hydrogens is 236 g/mol. The summed E-state index contributed by atoms with van der Waals surface area (Å²) in [5, 5.41) is 0. The summed E-state index contributed by atoms with van der Waals surface area (Å²) < 4.78 is 5.22. The summed E-state index contributed by atoms with van der Waals surface area (Å²) in [6.45, 7) is 2.67. The first kappa shape index (κ1) is 13.7. The average Bonchev–Trinajstić information content (AvgIpc) is 2.35. The molecule has 1 rings (SSSR count). The summed E-state index contributed by atoms with van der Waals surface area (Å²) >= 11 is 1.46. The van der Waals surface area contributed by atoms with Gasteiger partial charge in [0.25, 0.3) is 0 Å². The molecule has 0 heterocycles. The van der Waals surface area contributed by atoms with Gasteiger partial charge in [-0.3, -0.25) is 4.79 Å². The number of methoxy groups -OCH3 is 1. The smallest absolute Gasteiger partial charge is 0.232 e. The molecule has 0 radical (unpaired) electrons. The normalized spacial score (nSPS) is 10.1. The summed E-state index contributed by atoms with van der Waals surface area (Å²) in [6, 6.07) is 5.44. The van der Waals surface area contributed by atoms with Crippen molar-refractivity contribution in [3.8, 4) is 5.75 Å². The summed E-state index contributed by atoms with van der Waals surface area (Å²) in [4.78, 5) is 14.3. The van der Waals surface area contributed by atoms with Crippen LogP contribution in [0.3, 0.4) is 0 Å². The van der Waals surface area contributed by atoms with Crippen molar-refractivity contribution in [3.63, 3.8) is 0 Å². The average molecular weight is 254 g/mol. The molecule has 0 unspecified atom stereocenters. The number of hydrogen-bond donors (Lipinski definition) is 1. The molecule has 0 bridgehead atoms. The number of carbonyl (C=O) groups excluding carboxylic acids is 1. The Bertz CT molecular complexity index is 396. The Morgan fingerprint density at radius 2 is 2.24 bits per heavy atom. The van der Waals surface area contributed by atoms with Gasteiger partial charge in [0, 0.05) is 30.2 Å². The molecule has 4 nitrogen and oxygen atoms in total. The molecule has 0 aromatic heterocycles. The van der Waals surface area contributed by atoms with Gasteiger partial charge in [-0.05, 0) is 19.1 Å². The van der Waals surface area contributed by atoms with E-state index in [1.165, 1.54) is 11.8 Å². The number of rotatable bonds is 5. The van der Waals surface area contributed by atoms with Crippen molar-refractivity contribution in [3.05, 3.63) is 18.2 Å². The van der Waals surface area contributed by atoms with Gasteiger partial charge in [-0.1, -0.05) is 0 Å². The number of benzene rings is 1. The van der Waals surface area contributed by atoms with E-state index in [2.05, 4.69) is 0 Å². The molecule has 0 spiro atoms. The molecule has 0 aliphatic carbocycles. The van der Waals surface area contributed by atoms with Crippen LogP contribution in [0.25, 0.3) is 0 Å². The standard InChI is InChI=1S/C12H18N2O2S/c1-4-14(2)12(15)8-17-11-6-5-9(13)7-10(11)16-3/h5-7H,4,8,13H2,1-3H3. The first-order chi connectivity index (χ1) is 8.08. The van der Waals surface area contributed by atoms with Crippen LogP contribution in [0.2, 0.25) is 0 Å². The van der Waals surface area contributed by atoms with Crippen molar-refractivity contribution in [2.45, 2.75) is 11.8 Å². The van der Waals surface area contributed by atoms with Gasteiger partial charge in [-0.2, -0.15) is 0 Å². The topological polar surface area (TPSA) is 55.6 Å². The molecule has 0 aliphatic heterocycles. The van der Waals surface area contributed by atoms with Crippen LogP contribution in [0.5, 0.6) is 5.75 Å². The maximum Gasteiger partial charge on any atom is 0.232 e. The van der Waals surface area contributed by atoms with E-state index >= 15 is 0 Å². The fourth-order valence-corrected chi connectivity index (χ4v) is 2.18. The second-order valence-corrected chi connectivity index (χ2v) is 4.62. The lowest BCUT2D eigenvalue weighted by molar-refractivity contribution is -0.126. The first-order valence-corrected chi connectivity index (χ1v) is 6.37. The minimum Gasteiger partial charge on any atom is -0.496 e. The molecule has 1 aromatic rings. The molecule has 0 saturated heterocycles. The van der Waals surface area contributed by atoms with Crippen LogP contribution in [-0.4, -0.2) is 37.3 Å². The van der Waals surface area contributed by atoms with Crippen molar-refractivity contribution in [2.75, 3.05) is 32.2 Å². The van der Waals surface area contributed by atoms with E-state index in [0.717, 1.165) is 11.4 Å². The van der Waals surface area contributed by atoms with Crippen molar-refractivity contribution >= 4 is 23.4 Å². The number of ether oxygens (including phenoxy) is 1. The van der Waals surface area contributed by atoms with Gasteiger partial charge >= 0.3 is 0 Å². The van der Waals surface area contributed by atoms with Gasteiger partial charge in [0.15, 0.2) is 0 Å². The van der Waals surface area contributed by atoms with Crippen LogP contribution >= 0.6 is 11.8 Å². The number of amides is 1. The Hall–Kier alpha value is -1.36. The van der Waals surface area contributed by atoms with Crippen molar-refractivity contribution in [2.24, 2.45) is 0 Å². The van der Waals surface area contributed by atoms with Crippen LogP contribution in [0, 0.1) is 0 Å². The zero-order chi connectivity index (χ0) is 12.8. The zero-order valence-corrected chi connectivity index (χ0v) is 11.2. The first-order valence-electron chi connectivity index (χ1n) is 5.38. The molecule has 0 saturated carbocycles. The van der Waals surface area contributed by atoms with Gasteiger partial charge in [-0.25, -0.2) is 0 Å². The molecule has 0 aliphatic rings. The highest BCUT2D eigenvalue weighted by molar-refractivity contribution is 8.00. The van der Waals surface area contributed by atoms with E-state index in [1.807, 2.05) is 13.0 Å². The second kappa shape index (κ2) is 6.39. The Kier molecular flexibility index (Phi) is 5.15. The lowest BCUT2D eigenvalue weighted by atomic mass is 10.3. The van der Waals surface area contributed by atoms with E-state index in [4.69, 9.17) is 10.5 Å². The monoisotopic (exact) mass is 254 g/mol. The third-order valence-electron chi connectivity index (χ3n) is 2.44. The van der Waals surface area contributed by atoms with Gasteiger partial charge in [0.05, 0.1) is 12.9 Å². The maximum atomic E-state index is 11.7. The fourth-order valence-electron chi connectivity index (χ4n) is 1.23. The van der Waals surface area contributed by atoms with Gasteiger partial charge in [-0.15, -0.1) is 11.8 Å². The number of carbonyl (C=O) groups is 1. The van der Waals surface area contributed by atoms with Crippen LogP contribution in [0.4, 0.5) is 5.69 Å². The molecule has 94 valence electrons. The molecule has 1 amide bonds. The number of nitrogen functional groups attached to an aromatic ring is 1. The summed E-state index contributed by atoms with van der Waals surface area (Å²) in [5.41, 5.74) is 6.32. The minimum absolute atomic E-state index is 0.108. The highest BCUT2D eigenvalue weighted by Gasteiger charge is 2.10. The zero-order valence-electron chi connectivity index (χ0n) is 10.4. The Labute approximate surface area is 106 Å². The Morgan fingerprint density at radius 1 is 1.53 bits per heavy atom. The number of thioether (sulfide) groups is 1. The molecule has 2 N–H and O–H groups in total. The van der Waals surface area contributed by atoms with Crippen molar-refractivity contribution in [1.29, 1.82) is 0 Å². The van der Waals surface area contributed by atoms with Crippen LogP contribution in [0.1, 0.15) is 6.92 Å². The summed E-state index contributed by atoms with van der Waals surface area (Å²) in [6.07, 6.45) is 0. The predicted molar refractivity (Wildman–Crippen MR) is 71.4 cm³/mol. The lowest BCUT2D eigenvalue weighted by Gasteiger charge is -2.14. The summed E-state index contributed by atoms with van der Waals surface area (Å²) in [7, 11) is 3.39. The van der Waals surface area contributed by atoms with E-state index in [-0.39, 0.29) is 5.91 Å². The number of hydrogen-bond acceptors (Lipinski definition) is 4. The molecule has 0 atom stereocenters. The van der Waals surface area contributed by atoms with Crippen LogP contribution in [-0.2, 0) is 4.79 Å². The van der Waals surface area contributed by atoms with E-state index in [1.54, 1.807) is 31.2 Å². The molecule has 1 aromatic carbocycles. The van der Waals surface area contributed by atoms with E-state index in [0.29, 0.717) is 17.2 Å². The van der Waals surface area contributed by atoms with Gasteiger partial charge < -0.3 is 15.4 Å². The lowest BCUT2D eigenvalue weighted by Crippen LogP contribution is -2.27. The van der Waals surface area contributed by atoms with E-state index < -0.39 is 0 Å². The van der Waals surface area contributed by atoms with Gasteiger partial charge in [0.1, 0.15) is 5.75 Å². The SMILES string of the molecule is CCN(C)C(=O)CSc1ccc(N)cc1OC. The number of anilines is 1. The molecule has 0 fully saturated rings. The Balaban J connectivity index is 2.66. The predicted octanol–water partition coefficient (Wildman–Crippen LogP) is 1.85. The Morgan fingerprint density at radius 3 is 2.82 bits per heavy atom. The molecule has 5 heteroatoms. The van der Waals surface area contributed by atoms with E-state index in [9.17, 15) is 4.79 Å². The fraction of sp³-hybridized carbons (Fsp3) is 0.417. The highest BCUT2D eigenvalue weighted by Crippen LogP contribution is 2.30. The van der Waals surface area contributed by atoms with Crippen LogP contribution < -0.4 is 10.5 Å². The largest absolute Gasteiger partial charge is 0.496 e. The summed E-state index contributed by atoms with van der Waals surface area (Å²) in [5.74, 6) is 1.23. The minimum atomic E-state index is 0.108. The van der Waals surface area contributed by atoms with Crippen molar-refractivity contribution in [1.82, 2.24) is 4.90 Å². The number of nitrogens with zero attached hydrogens (tertiary/aromatic N) is 1. The van der Waals surface area contributed by atoms with Gasteiger partial charge in [0.2, 0.25) is 5.91 Å². The van der Waals surface area contributed by atoms with Crippen LogP contribution in [0.15, 0.2) is 23.1 Å². The highest BCUT2D eigenvalue weighted by atomic mass is 32.2. The van der Waals surface area contributed by atoms with Crippen molar-refractivity contribution < 1.29 is 9.53 Å². The quantitative estimate of drug-likeness (QED) is 0.643.